The first-order valence-corrected chi connectivity index (χ1v) is 9.55. The summed E-state index contributed by atoms with van der Waals surface area (Å²) < 4.78 is 26.5. The summed E-state index contributed by atoms with van der Waals surface area (Å²) in [4.78, 5) is 4.72. The average molecular weight is 362 g/mol. The van der Waals surface area contributed by atoms with Crippen LogP contribution >= 0.6 is 0 Å². The molecule has 0 saturated carbocycles. The van der Waals surface area contributed by atoms with E-state index in [1.54, 1.807) is 6.07 Å². The van der Waals surface area contributed by atoms with Gasteiger partial charge in [-0.1, -0.05) is 0 Å². The molecule has 6 heteroatoms. The van der Waals surface area contributed by atoms with Gasteiger partial charge in [0.15, 0.2) is 0 Å². The Morgan fingerprint density at radius 1 is 0.923 bits per heavy atom. The molecule has 0 bridgehead atoms. The molecule has 3 rings (SSSR count). The van der Waals surface area contributed by atoms with Crippen molar-refractivity contribution in [3.05, 3.63) is 24.0 Å². The Balaban J connectivity index is 1.78. The van der Waals surface area contributed by atoms with Gasteiger partial charge in [-0.05, 0) is 72.1 Å². The number of nitrogens with zero attached hydrogens (tertiary/aromatic N) is 2. The monoisotopic (exact) mass is 362 g/mol. The van der Waals surface area contributed by atoms with E-state index in [1.165, 1.54) is 6.07 Å². The first kappa shape index (κ1) is 19.7. The number of piperazine rings is 1. The minimum Gasteiger partial charge on any atom is -0.399 e. The van der Waals surface area contributed by atoms with Crippen LogP contribution < -0.4 is 10.4 Å². The maximum atomic E-state index is 14.3. The lowest BCUT2D eigenvalue weighted by Crippen LogP contribution is -2.53. The van der Waals surface area contributed by atoms with Crippen LogP contribution in [0.15, 0.2) is 18.2 Å². The fourth-order valence-electron chi connectivity index (χ4n) is 3.53. The molecule has 2 saturated heterocycles. The van der Waals surface area contributed by atoms with Crippen molar-refractivity contribution in [1.29, 1.82) is 0 Å². The van der Waals surface area contributed by atoms with Crippen molar-refractivity contribution in [3.63, 3.8) is 0 Å². The molecule has 0 N–H and O–H groups in total. The summed E-state index contributed by atoms with van der Waals surface area (Å²) in [6.45, 7) is 18.5. The van der Waals surface area contributed by atoms with Crippen molar-refractivity contribution in [2.45, 2.75) is 65.2 Å². The predicted octanol–water partition coefficient (Wildman–Crippen LogP) is 3.05. The standard InChI is InChI=1S/C20H32BFN2O2/c1-18(2,3)24-10-8-23(9-11-24)17-13-15(12-16(22)14-17)21-25-19(4,5)20(6,7)26-21/h12-14H,8-11H2,1-7H3. The molecule has 0 spiro atoms. The fourth-order valence-corrected chi connectivity index (χ4v) is 3.53. The van der Waals surface area contributed by atoms with E-state index in [9.17, 15) is 4.39 Å². The molecule has 2 fully saturated rings. The normalized spacial score (nSPS) is 23.5. The average Bonchev–Trinajstić information content (AvgIpc) is 2.74. The van der Waals surface area contributed by atoms with Crippen LogP contribution in [-0.2, 0) is 9.31 Å². The molecule has 4 nitrogen and oxygen atoms in total. The third-order valence-corrected chi connectivity index (χ3v) is 6.02. The molecule has 2 aliphatic heterocycles. The van der Waals surface area contributed by atoms with Crippen LogP contribution in [-0.4, -0.2) is 54.9 Å². The summed E-state index contributed by atoms with van der Waals surface area (Å²) in [7, 11) is -0.537. The highest BCUT2D eigenvalue weighted by Crippen LogP contribution is 2.36. The van der Waals surface area contributed by atoms with Gasteiger partial charge in [0.25, 0.3) is 0 Å². The van der Waals surface area contributed by atoms with E-state index in [0.29, 0.717) is 0 Å². The summed E-state index contributed by atoms with van der Waals surface area (Å²) in [6, 6.07) is 5.15. The lowest BCUT2D eigenvalue weighted by Gasteiger charge is -2.43. The van der Waals surface area contributed by atoms with E-state index >= 15 is 0 Å². The van der Waals surface area contributed by atoms with Gasteiger partial charge in [-0.15, -0.1) is 0 Å². The Labute approximate surface area is 157 Å². The van der Waals surface area contributed by atoms with Gasteiger partial charge in [0, 0.05) is 37.4 Å². The van der Waals surface area contributed by atoms with Gasteiger partial charge in [-0.3, -0.25) is 4.90 Å². The van der Waals surface area contributed by atoms with E-state index in [2.05, 4.69) is 30.6 Å². The Morgan fingerprint density at radius 2 is 1.46 bits per heavy atom. The highest BCUT2D eigenvalue weighted by atomic mass is 19.1. The van der Waals surface area contributed by atoms with Crippen LogP contribution in [0.25, 0.3) is 0 Å². The van der Waals surface area contributed by atoms with E-state index in [4.69, 9.17) is 9.31 Å². The molecule has 0 amide bonds. The highest BCUT2D eigenvalue weighted by molar-refractivity contribution is 6.62. The second kappa shape index (κ2) is 6.50. The zero-order valence-electron chi connectivity index (χ0n) is 17.2. The lowest BCUT2D eigenvalue weighted by atomic mass is 9.78. The van der Waals surface area contributed by atoms with E-state index in [0.717, 1.165) is 37.3 Å². The van der Waals surface area contributed by atoms with Crippen LogP contribution in [0.4, 0.5) is 10.1 Å². The largest absolute Gasteiger partial charge is 0.495 e. The number of rotatable bonds is 2. The molecule has 26 heavy (non-hydrogen) atoms. The third kappa shape index (κ3) is 3.78. The van der Waals surface area contributed by atoms with Crippen LogP contribution in [0.5, 0.6) is 0 Å². The second-order valence-corrected chi connectivity index (χ2v) is 9.48. The smallest absolute Gasteiger partial charge is 0.399 e. The molecule has 2 aliphatic rings. The number of hydrogen-bond donors (Lipinski definition) is 0. The van der Waals surface area contributed by atoms with Crippen LogP contribution in [0.2, 0.25) is 0 Å². The zero-order chi connectivity index (χ0) is 19.3. The maximum absolute atomic E-state index is 14.3. The molecule has 0 unspecified atom stereocenters. The first-order valence-electron chi connectivity index (χ1n) is 9.55. The van der Waals surface area contributed by atoms with Gasteiger partial charge in [0.05, 0.1) is 11.2 Å². The van der Waals surface area contributed by atoms with Gasteiger partial charge in [-0.25, -0.2) is 4.39 Å². The molecular weight excluding hydrogens is 330 g/mol. The topological polar surface area (TPSA) is 24.9 Å². The van der Waals surface area contributed by atoms with Crippen molar-refractivity contribution in [3.8, 4) is 0 Å². The van der Waals surface area contributed by atoms with Crippen molar-refractivity contribution in [2.24, 2.45) is 0 Å². The SMILES string of the molecule is CC(C)(C)N1CCN(c2cc(F)cc(B3OC(C)(C)C(C)(C)O3)c2)CC1. The molecule has 0 aliphatic carbocycles. The quantitative estimate of drug-likeness (QED) is 0.755. The third-order valence-electron chi connectivity index (χ3n) is 6.02. The Hall–Kier alpha value is -1.11. The molecule has 1 aromatic rings. The van der Waals surface area contributed by atoms with Gasteiger partial charge in [-0.2, -0.15) is 0 Å². The minimum atomic E-state index is -0.537. The molecule has 0 atom stereocenters. The van der Waals surface area contributed by atoms with Crippen molar-refractivity contribution in [1.82, 2.24) is 4.90 Å². The number of hydrogen-bond acceptors (Lipinski definition) is 4. The molecular formula is C20H32BFN2O2. The summed E-state index contributed by atoms with van der Waals surface area (Å²) in [5, 5.41) is 0. The summed E-state index contributed by atoms with van der Waals surface area (Å²) in [5.41, 5.74) is 0.965. The number of anilines is 1. The van der Waals surface area contributed by atoms with Gasteiger partial charge in [0.1, 0.15) is 5.82 Å². The predicted molar refractivity (Wildman–Crippen MR) is 106 cm³/mol. The van der Waals surface area contributed by atoms with E-state index < -0.39 is 18.3 Å². The molecule has 1 aromatic carbocycles. The summed E-state index contributed by atoms with van der Waals surface area (Å²) >= 11 is 0. The van der Waals surface area contributed by atoms with Gasteiger partial charge >= 0.3 is 7.12 Å². The van der Waals surface area contributed by atoms with E-state index in [1.807, 2.05) is 33.8 Å². The second-order valence-electron chi connectivity index (χ2n) is 9.48. The van der Waals surface area contributed by atoms with Crippen LogP contribution in [0.3, 0.4) is 0 Å². The molecule has 2 heterocycles. The fraction of sp³-hybridized carbons (Fsp3) is 0.700. The van der Waals surface area contributed by atoms with E-state index in [-0.39, 0.29) is 11.4 Å². The van der Waals surface area contributed by atoms with Gasteiger partial charge in [0.2, 0.25) is 0 Å². The number of benzene rings is 1. The first-order chi connectivity index (χ1) is 11.9. The summed E-state index contributed by atoms with van der Waals surface area (Å²) in [5.74, 6) is -0.245. The van der Waals surface area contributed by atoms with Crippen molar-refractivity contribution >= 4 is 18.3 Å². The zero-order valence-corrected chi connectivity index (χ0v) is 17.2. The van der Waals surface area contributed by atoms with Crippen molar-refractivity contribution in [2.75, 3.05) is 31.1 Å². The molecule has 0 radical (unpaired) electrons. The summed E-state index contributed by atoms with van der Waals surface area (Å²) in [6.07, 6.45) is 0. The Kier molecular flexibility index (Phi) is 4.91. The Bertz CT molecular complexity index is 648. The lowest BCUT2D eigenvalue weighted by molar-refractivity contribution is 0.00578. The Morgan fingerprint density at radius 3 is 1.96 bits per heavy atom. The van der Waals surface area contributed by atoms with Crippen LogP contribution in [0.1, 0.15) is 48.5 Å². The van der Waals surface area contributed by atoms with Crippen molar-refractivity contribution < 1.29 is 13.7 Å². The molecule has 144 valence electrons. The minimum absolute atomic E-state index is 0.169. The maximum Gasteiger partial charge on any atom is 0.495 e. The number of halogens is 1. The van der Waals surface area contributed by atoms with Crippen LogP contribution in [0, 0.1) is 5.82 Å². The highest BCUT2D eigenvalue weighted by Gasteiger charge is 2.51. The van der Waals surface area contributed by atoms with Gasteiger partial charge < -0.3 is 14.2 Å². The molecule has 0 aromatic heterocycles.